The second kappa shape index (κ2) is 14.2. The highest BCUT2D eigenvalue weighted by atomic mass is 16.6. The molecule has 0 aromatic carbocycles. The SMILES string of the molecule is CCCCC/C=C/CC1(OC(C)=O)C=CC(=O)/C1=C\C=C\C(CCC(=O)OC)OC(C)=O. The van der Waals surface area contributed by atoms with Crippen molar-refractivity contribution < 1.29 is 33.4 Å². The maximum Gasteiger partial charge on any atom is 0.305 e. The van der Waals surface area contributed by atoms with E-state index in [1.807, 2.05) is 12.2 Å². The van der Waals surface area contributed by atoms with E-state index in [-0.39, 0.29) is 18.6 Å². The highest BCUT2D eigenvalue weighted by Crippen LogP contribution is 2.34. The smallest absolute Gasteiger partial charge is 0.305 e. The zero-order valence-electron chi connectivity index (χ0n) is 19.4. The maximum atomic E-state index is 12.5. The highest BCUT2D eigenvalue weighted by Gasteiger charge is 2.41. The van der Waals surface area contributed by atoms with Gasteiger partial charge in [0.05, 0.1) is 7.11 Å². The first-order valence-electron chi connectivity index (χ1n) is 10.9. The first kappa shape index (κ1) is 27.1. The fourth-order valence-electron chi connectivity index (χ4n) is 3.32. The molecule has 0 fully saturated rings. The number of esters is 3. The molecule has 0 amide bonds. The summed E-state index contributed by atoms with van der Waals surface area (Å²) in [5.74, 6) is -1.65. The number of allylic oxidation sites excluding steroid dienone is 4. The lowest BCUT2D eigenvalue weighted by molar-refractivity contribution is -0.149. The van der Waals surface area contributed by atoms with Crippen LogP contribution in [0.15, 0.2) is 48.1 Å². The third-order valence-corrected chi connectivity index (χ3v) is 4.88. The van der Waals surface area contributed by atoms with Gasteiger partial charge in [-0.1, -0.05) is 44.1 Å². The standard InChI is InChI=1S/C25H34O7/c1-5-6-7-8-9-10-17-25(32-20(3)27)18-16-23(28)22(25)13-11-12-21(31-19(2)26)14-15-24(29)30-4/h9-13,16,18,21H,5-8,14-15,17H2,1-4H3/b10-9+,12-11+,22-13+. The van der Waals surface area contributed by atoms with Crippen LogP contribution in [-0.4, -0.2) is 42.5 Å². The Balaban J connectivity index is 3.02. The molecule has 0 aromatic rings. The zero-order valence-corrected chi connectivity index (χ0v) is 19.4. The molecule has 0 N–H and O–H groups in total. The largest absolute Gasteiger partial charge is 0.469 e. The second-order valence-corrected chi connectivity index (χ2v) is 7.58. The van der Waals surface area contributed by atoms with Gasteiger partial charge in [-0.05, 0) is 37.5 Å². The van der Waals surface area contributed by atoms with Gasteiger partial charge in [0.15, 0.2) is 11.4 Å². The van der Waals surface area contributed by atoms with Gasteiger partial charge in [0, 0.05) is 32.3 Å². The molecule has 0 radical (unpaired) electrons. The van der Waals surface area contributed by atoms with Gasteiger partial charge in [-0.2, -0.15) is 0 Å². The van der Waals surface area contributed by atoms with Gasteiger partial charge in [0.1, 0.15) is 6.10 Å². The summed E-state index contributed by atoms with van der Waals surface area (Å²) < 4.78 is 15.4. The van der Waals surface area contributed by atoms with Crippen molar-refractivity contribution in [3.63, 3.8) is 0 Å². The summed E-state index contributed by atoms with van der Waals surface area (Å²) in [6.07, 6.45) is 16.0. The molecule has 2 atom stereocenters. The summed E-state index contributed by atoms with van der Waals surface area (Å²) in [5, 5.41) is 0. The van der Waals surface area contributed by atoms with Crippen LogP contribution in [0.2, 0.25) is 0 Å². The van der Waals surface area contributed by atoms with Crippen LogP contribution in [0.25, 0.3) is 0 Å². The average Bonchev–Trinajstić information content (AvgIpc) is 3.03. The van der Waals surface area contributed by atoms with Gasteiger partial charge < -0.3 is 14.2 Å². The lowest BCUT2D eigenvalue weighted by atomic mass is 9.91. The van der Waals surface area contributed by atoms with Crippen LogP contribution in [0.3, 0.4) is 0 Å². The van der Waals surface area contributed by atoms with Gasteiger partial charge in [-0.15, -0.1) is 0 Å². The van der Waals surface area contributed by atoms with Gasteiger partial charge in [-0.25, -0.2) is 0 Å². The fraction of sp³-hybridized carbons (Fsp3) is 0.520. The van der Waals surface area contributed by atoms with Crippen LogP contribution in [0.5, 0.6) is 0 Å². The van der Waals surface area contributed by atoms with Crippen LogP contribution in [0.1, 0.15) is 65.7 Å². The Hall–Kier alpha value is -2.96. The molecule has 0 saturated carbocycles. The summed E-state index contributed by atoms with van der Waals surface area (Å²) in [7, 11) is 1.29. The van der Waals surface area contributed by atoms with E-state index < -0.39 is 29.6 Å². The molecular weight excluding hydrogens is 412 g/mol. The predicted octanol–water partition coefficient (Wildman–Crippen LogP) is 4.32. The van der Waals surface area contributed by atoms with Crippen LogP contribution in [0.4, 0.5) is 0 Å². The molecule has 1 aliphatic rings. The molecule has 2 unspecified atom stereocenters. The van der Waals surface area contributed by atoms with Crippen molar-refractivity contribution in [3.05, 3.63) is 48.1 Å². The second-order valence-electron chi connectivity index (χ2n) is 7.58. The number of rotatable bonds is 13. The third kappa shape index (κ3) is 9.45. The number of hydrogen-bond acceptors (Lipinski definition) is 7. The van der Waals surface area contributed by atoms with E-state index in [4.69, 9.17) is 9.47 Å². The monoisotopic (exact) mass is 446 g/mol. The molecule has 0 bridgehead atoms. The molecule has 7 heteroatoms. The molecule has 0 saturated heterocycles. The van der Waals surface area contributed by atoms with Crippen molar-refractivity contribution in [2.24, 2.45) is 0 Å². The van der Waals surface area contributed by atoms with E-state index >= 15 is 0 Å². The number of hydrogen-bond donors (Lipinski definition) is 0. The first-order valence-corrected chi connectivity index (χ1v) is 10.9. The van der Waals surface area contributed by atoms with Crippen LogP contribution >= 0.6 is 0 Å². The quantitative estimate of drug-likeness (QED) is 0.137. The number of unbranched alkanes of at least 4 members (excludes halogenated alkanes) is 3. The van der Waals surface area contributed by atoms with E-state index in [0.717, 1.165) is 25.7 Å². The molecular formula is C25H34O7. The fourth-order valence-corrected chi connectivity index (χ4v) is 3.32. The minimum atomic E-state index is -1.17. The molecule has 7 nitrogen and oxygen atoms in total. The zero-order chi connectivity index (χ0) is 24.0. The minimum Gasteiger partial charge on any atom is -0.469 e. The number of ether oxygens (including phenoxy) is 3. The Bertz CT molecular complexity index is 788. The van der Waals surface area contributed by atoms with E-state index in [1.165, 1.54) is 27.0 Å². The Labute approximate surface area is 190 Å². The topological polar surface area (TPSA) is 96.0 Å². The normalized spacial score (nSPS) is 20.2. The summed E-state index contributed by atoms with van der Waals surface area (Å²) >= 11 is 0. The average molecular weight is 447 g/mol. The van der Waals surface area contributed by atoms with E-state index in [1.54, 1.807) is 24.3 Å². The number of methoxy groups -OCH3 is 1. The molecule has 32 heavy (non-hydrogen) atoms. The van der Waals surface area contributed by atoms with Gasteiger partial charge in [-0.3, -0.25) is 19.2 Å². The molecule has 1 rings (SSSR count). The summed E-state index contributed by atoms with van der Waals surface area (Å²) in [6.45, 7) is 4.72. The molecule has 176 valence electrons. The Morgan fingerprint density at radius 3 is 2.50 bits per heavy atom. The van der Waals surface area contributed by atoms with E-state index in [2.05, 4.69) is 11.7 Å². The number of carbonyl (C=O) groups excluding carboxylic acids is 4. The van der Waals surface area contributed by atoms with Crippen molar-refractivity contribution in [1.82, 2.24) is 0 Å². The Kier molecular flexibility index (Phi) is 12.0. The molecule has 0 aromatic heterocycles. The van der Waals surface area contributed by atoms with Gasteiger partial charge in [0.25, 0.3) is 0 Å². The molecule has 0 spiro atoms. The minimum absolute atomic E-state index is 0.0794. The van der Waals surface area contributed by atoms with Crippen molar-refractivity contribution in [2.45, 2.75) is 77.4 Å². The summed E-state index contributed by atoms with van der Waals surface area (Å²) in [5.41, 5.74) is -0.853. The number of ketones is 1. The van der Waals surface area contributed by atoms with E-state index in [0.29, 0.717) is 12.0 Å². The molecule has 0 aliphatic heterocycles. The lowest BCUT2D eigenvalue weighted by Gasteiger charge is -2.27. The van der Waals surface area contributed by atoms with Crippen molar-refractivity contribution in [2.75, 3.05) is 7.11 Å². The summed E-state index contributed by atoms with van der Waals surface area (Å²) in [6, 6.07) is 0. The highest BCUT2D eigenvalue weighted by molar-refractivity contribution is 6.09. The van der Waals surface area contributed by atoms with Crippen molar-refractivity contribution >= 4 is 23.7 Å². The molecule has 0 heterocycles. The van der Waals surface area contributed by atoms with Crippen molar-refractivity contribution in [1.29, 1.82) is 0 Å². The number of carbonyl (C=O) groups is 4. The lowest BCUT2D eigenvalue weighted by Crippen LogP contribution is -2.33. The van der Waals surface area contributed by atoms with Crippen LogP contribution < -0.4 is 0 Å². The van der Waals surface area contributed by atoms with Crippen LogP contribution in [0, 0.1) is 0 Å². The first-order chi connectivity index (χ1) is 15.2. The Morgan fingerprint density at radius 2 is 1.88 bits per heavy atom. The Morgan fingerprint density at radius 1 is 1.12 bits per heavy atom. The summed E-state index contributed by atoms with van der Waals surface area (Å²) in [4.78, 5) is 47.0. The third-order valence-electron chi connectivity index (χ3n) is 4.88. The van der Waals surface area contributed by atoms with Crippen molar-refractivity contribution in [3.8, 4) is 0 Å². The van der Waals surface area contributed by atoms with Gasteiger partial charge >= 0.3 is 17.9 Å². The van der Waals surface area contributed by atoms with Gasteiger partial charge in [0.2, 0.25) is 0 Å². The molecule has 1 aliphatic carbocycles. The van der Waals surface area contributed by atoms with Crippen LogP contribution in [-0.2, 0) is 33.4 Å². The maximum absolute atomic E-state index is 12.5. The predicted molar refractivity (Wildman–Crippen MR) is 121 cm³/mol. The van der Waals surface area contributed by atoms with E-state index in [9.17, 15) is 19.2 Å².